The van der Waals surface area contributed by atoms with Gasteiger partial charge >= 0.3 is 0 Å². The van der Waals surface area contributed by atoms with Crippen LogP contribution in [0.15, 0.2) is 11.6 Å². The molecule has 0 aliphatic heterocycles. The van der Waals surface area contributed by atoms with Crippen LogP contribution < -0.4 is 0 Å². The molecule has 0 N–H and O–H groups in total. The van der Waals surface area contributed by atoms with Gasteiger partial charge in [-0.2, -0.15) is 0 Å². The van der Waals surface area contributed by atoms with Crippen molar-refractivity contribution in [3.8, 4) is 0 Å². The lowest BCUT2D eigenvalue weighted by molar-refractivity contribution is 1.16. The first-order chi connectivity index (χ1) is 2.50. The van der Waals surface area contributed by atoms with E-state index in [0.29, 0.717) is 0 Å². The Labute approximate surface area is 41.9 Å². The van der Waals surface area contributed by atoms with E-state index in [2.05, 4.69) is 9.59 Å². The van der Waals surface area contributed by atoms with E-state index < -0.39 is 0 Å². The second kappa shape index (κ2) is 2.84. The lowest BCUT2D eigenvalue weighted by Gasteiger charge is -1.40. The number of hydrogen-bond donors (Lipinski definition) is 0. The van der Waals surface area contributed by atoms with E-state index in [1.54, 1.807) is 6.20 Å². The fraction of sp³-hybridized carbons (Fsp3) is 0. The standard InChI is InChI=1S/C2H2N2S.B/c1-2-5-4-3-1;/h1-2H;. The second-order valence-corrected chi connectivity index (χ2v) is 1.23. The Balaban J connectivity index is 0.000000250. The highest BCUT2D eigenvalue weighted by atomic mass is 32.1. The quantitative estimate of drug-likeness (QED) is 0.431. The van der Waals surface area contributed by atoms with Crippen molar-refractivity contribution in [1.29, 1.82) is 0 Å². The van der Waals surface area contributed by atoms with Crippen LogP contribution in [0.5, 0.6) is 0 Å². The molecule has 0 atom stereocenters. The van der Waals surface area contributed by atoms with Gasteiger partial charge in [0.25, 0.3) is 0 Å². The first kappa shape index (κ1) is 5.62. The summed E-state index contributed by atoms with van der Waals surface area (Å²) >= 11 is 1.35. The molecule has 4 heteroatoms. The fourth-order valence-electron chi connectivity index (χ4n) is 0.136. The third-order valence-electron chi connectivity index (χ3n) is 0.283. The van der Waals surface area contributed by atoms with Gasteiger partial charge in [0.1, 0.15) is 0 Å². The zero-order valence-electron chi connectivity index (χ0n) is 3.03. The van der Waals surface area contributed by atoms with Crippen molar-refractivity contribution < 1.29 is 0 Å². The molecule has 0 aliphatic rings. The van der Waals surface area contributed by atoms with E-state index in [9.17, 15) is 0 Å². The monoisotopic (exact) mass is 97.0 g/mol. The highest BCUT2D eigenvalue weighted by molar-refractivity contribution is 7.03. The molecule has 0 aromatic carbocycles. The largest absolute Gasteiger partial charge is 0.147 e. The van der Waals surface area contributed by atoms with Crippen LogP contribution in [0.2, 0.25) is 0 Å². The molecule has 1 rings (SSSR count). The van der Waals surface area contributed by atoms with E-state index >= 15 is 0 Å². The number of aromatic nitrogens is 2. The molecule has 1 aromatic heterocycles. The van der Waals surface area contributed by atoms with Gasteiger partial charge in [-0.15, -0.1) is 5.10 Å². The first-order valence-corrected chi connectivity index (χ1v) is 2.05. The maximum absolute atomic E-state index is 3.51. The minimum Gasteiger partial charge on any atom is -0.147 e. The smallest absolute Gasteiger partial charge is 0.0620 e. The van der Waals surface area contributed by atoms with Gasteiger partial charge in [0, 0.05) is 13.8 Å². The Morgan fingerprint density at radius 1 is 1.50 bits per heavy atom. The summed E-state index contributed by atoms with van der Waals surface area (Å²) in [4.78, 5) is 0. The van der Waals surface area contributed by atoms with Gasteiger partial charge in [0.05, 0.1) is 6.20 Å². The summed E-state index contributed by atoms with van der Waals surface area (Å²) in [5.41, 5.74) is 0. The van der Waals surface area contributed by atoms with E-state index in [0.717, 1.165) is 0 Å². The topological polar surface area (TPSA) is 25.8 Å². The molecular weight excluding hydrogens is 94.9 g/mol. The molecule has 6 heavy (non-hydrogen) atoms. The second-order valence-electron chi connectivity index (χ2n) is 0.588. The normalized spacial score (nSPS) is 6.67. The number of hydrogen-bond acceptors (Lipinski definition) is 3. The van der Waals surface area contributed by atoms with E-state index in [4.69, 9.17) is 0 Å². The lowest BCUT2D eigenvalue weighted by Crippen LogP contribution is -1.51. The number of nitrogens with zero attached hydrogens (tertiary/aromatic N) is 2. The van der Waals surface area contributed by atoms with Crippen LogP contribution in [-0.4, -0.2) is 18.0 Å². The summed E-state index contributed by atoms with van der Waals surface area (Å²) < 4.78 is 3.51. The molecule has 0 aliphatic carbocycles. The Hall–Kier alpha value is -0.375. The Morgan fingerprint density at radius 2 is 2.33 bits per heavy atom. The molecule has 0 unspecified atom stereocenters. The van der Waals surface area contributed by atoms with Crippen molar-refractivity contribution in [1.82, 2.24) is 9.59 Å². The maximum Gasteiger partial charge on any atom is 0.0620 e. The molecule has 3 radical (unpaired) electrons. The molecule has 0 fully saturated rings. The van der Waals surface area contributed by atoms with Crippen molar-refractivity contribution in [2.24, 2.45) is 0 Å². The molecular formula is C2H2BN2S. The van der Waals surface area contributed by atoms with Crippen LogP contribution in [0.1, 0.15) is 0 Å². The molecule has 1 heterocycles. The fourth-order valence-corrected chi connectivity index (χ4v) is 0.408. The lowest BCUT2D eigenvalue weighted by atomic mass is 10.8. The van der Waals surface area contributed by atoms with Crippen molar-refractivity contribution >= 4 is 19.9 Å². The molecule has 2 nitrogen and oxygen atoms in total. The highest BCUT2D eigenvalue weighted by Crippen LogP contribution is 1.78. The van der Waals surface area contributed by atoms with Gasteiger partial charge < -0.3 is 0 Å². The van der Waals surface area contributed by atoms with Crippen LogP contribution >= 0.6 is 11.5 Å². The van der Waals surface area contributed by atoms with Crippen LogP contribution in [0.4, 0.5) is 0 Å². The first-order valence-electron chi connectivity index (χ1n) is 1.21. The predicted octanol–water partition coefficient (Wildman–Crippen LogP) is 0.157. The summed E-state index contributed by atoms with van der Waals surface area (Å²) in [6.07, 6.45) is 1.66. The SMILES string of the molecule is [B].c1csnn1. The van der Waals surface area contributed by atoms with Gasteiger partial charge in [0.2, 0.25) is 0 Å². The molecule has 0 amide bonds. The van der Waals surface area contributed by atoms with Gasteiger partial charge in [-0.25, -0.2) is 0 Å². The molecule has 1 aromatic rings. The highest BCUT2D eigenvalue weighted by Gasteiger charge is 1.61. The average Bonchev–Trinajstić information content (AvgIpc) is 1.76. The molecule has 0 saturated heterocycles. The zero-order valence-corrected chi connectivity index (χ0v) is 3.85. The summed E-state index contributed by atoms with van der Waals surface area (Å²) in [5.74, 6) is 0. The minimum atomic E-state index is 0. The average molecular weight is 96.9 g/mol. The van der Waals surface area contributed by atoms with Gasteiger partial charge in [-0.3, -0.25) is 0 Å². The van der Waals surface area contributed by atoms with Crippen LogP contribution in [0.3, 0.4) is 0 Å². The molecule has 0 saturated carbocycles. The zero-order chi connectivity index (χ0) is 3.54. The van der Waals surface area contributed by atoms with E-state index in [1.807, 2.05) is 5.38 Å². The predicted molar refractivity (Wildman–Crippen MR) is 25.7 cm³/mol. The number of rotatable bonds is 0. The molecule has 0 bridgehead atoms. The van der Waals surface area contributed by atoms with E-state index in [1.165, 1.54) is 11.5 Å². The van der Waals surface area contributed by atoms with Gasteiger partial charge in [-0.05, 0) is 11.5 Å². The third kappa shape index (κ3) is 1.17. The van der Waals surface area contributed by atoms with Gasteiger partial charge in [-0.1, -0.05) is 4.49 Å². The van der Waals surface area contributed by atoms with Crippen molar-refractivity contribution in [2.45, 2.75) is 0 Å². The molecule has 0 spiro atoms. The summed E-state index contributed by atoms with van der Waals surface area (Å²) in [6, 6.07) is 0. The minimum absolute atomic E-state index is 0. The summed E-state index contributed by atoms with van der Waals surface area (Å²) in [6.45, 7) is 0. The summed E-state index contributed by atoms with van der Waals surface area (Å²) in [5, 5.41) is 5.31. The van der Waals surface area contributed by atoms with Crippen molar-refractivity contribution in [3.05, 3.63) is 11.6 Å². The Kier molecular flexibility index (Phi) is 2.66. The Bertz CT molecular complexity index is 68.0. The maximum atomic E-state index is 3.51. The Morgan fingerprint density at radius 3 is 2.50 bits per heavy atom. The third-order valence-corrected chi connectivity index (χ3v) is 0.715. The van der Waals surface area contributed by atoms with Gasteiger partial charge in [0.15, 0.2) is 0 Å². The van der Waals surface area contributed by atoms with Crippen molar-refractivity contribution in [3.63, 3.8) is 0 Å². The molecule has 29 valence electrons. The van der Waals surface area contributed by atoms with Crippen molar-refractivity contribution in [2.75, 3.05) is 0 Å². The van der Waals surface area contributed by atoms with Crippen LogP contribution in [-0.2, 0) is 0 Å². The van der Waals surface area contributed by atoms with E-state index in [-0.39, 0.29) is 8.41 Å². The van der Waals surface area contributed by atoms with Crippen LogP contribution in [0.25, 0.3) is 0 Å². The summed E-state index contributed by atoms with van der Waals surface area (Å²) in [7, 11) is 0. The van der Waals surface area contributed by atoms with Crippen LogP contribution in [0, 0.1) is 0 Å².